The highest BCUT2D eigenvalue weighted by atomic mass is 127. The minimum Gasteiger partial charge on any atom is -0.406 e. The lowest BCUT2D eigenvalue weighted by molar-refractivity contribution is -0.274. The van der Waals surface area contributed by atoms with Gasteiger partial charge in [-0.2, -0.15) is 0 Å². The Kier molecular flexibility index (Phi) is 3.59. The molecule has 2 nitrogen and oxygen atoms in total. The molecular formula is C8H6F3IO2. The summed E-state index contributed by atoms with van der Waals surface area (Å²) in [5.41, 5.74) is 0.570. The second kappa shape index (κ2) is 4.35. The lowest BCUT2D eigenvalue weighted by Crippen LogP contribution is -2.17. The van der Waals surface area contributed by atoms with E-state index in [9.17, 15) is 13.2 Å². The number of halogens is 4. The van der Waals surface area contributed by atoms with Crippen molar-refractivity contribution in [1.29, 1.82) is 0 Å². The number of aliphatic hydroxyl groups is 1. The Balaban J connectivity index is 2.87. The van der Waals surface area contributed by atoms with Gasteiger partial charge in [-0.1, -0.05) is 6.07 Å². The lowest BCUT2D eigenvalue weighted by Gasteiger charge is -2.09. The molecule has 0 spiro atoms. The summed E-state index contributed by atoms with van der Waals surface area (Å²) in [7, 11) is 0. The number of ether oxygens (including phenoxy) is 1. The smallest absolute Gasteiger partial charge is 0.406 e. The first-order chi connectivity index (χ1) is 6.42. The molecule has 0 unspecified atom stereocenters. The van der Waals surface area contributed by atoms with Gasteiger partial charge in [-0.05, 0) is 40.3 Å². The van der Waals surface area contributed by atoms with Crippen LogP contribution in [0.1, 0.15) is 5.56 Å². The molecule has 0 aromatic heterocycles. The average Bonchev–Trinajstić information content (AvgIpc) is 2.01. The van der Waals surface area contributed by atoms with E-state index >= 15 is 0 Å². The van der Waals surface area contributed by atoms with Gasteiger partial charge >= 0.3 is 6.36 Å². The molecule has 1 rings (SSSR count). The fourth-order valence-corrected chi connectivity index (χ4v) is 1.51. The van der Waals surface area contributed by atoms with Crippen molar-refractivity contribution < 1.29 is 23.0 Å². The molecule has 0 amide bonds. The first kappa shape index (κ1) is 11.6. The first-order valence-corrected chi connectivity index (χ1v) is 4.65. The number of alkyl halides is 3. The minimum absolute atomic E-state index is 0.204. The summed E-state index contributed by atoms with van der Waals surface area (Å²) in [6, 6.07) is 3.78. The summed E-state index contributed by atoms with van der Waals surface area (Å²) >= 11 is 1.83. The summed E-state index contributed by atoms with van der Waals surface area (Å²) < 4.78 is 39.6. The van der Waals surface area contributed by atoms with E-state index in [1.165, 1.54) is 18.2 Å². The third-order valence-electron chi connectivity index (χ3n) is 1.43. The Labute approximate surface area is 91.8 Å². The van der Waals surface area contributed by atoms with E-state index in [-0.39, 0.29) is 12.4 Å². The van der Waals surface area contributed by atoms with Gasteiger partial charge in [0.2, 0.25) is 0 Å². The van der Waals surface area contributed by atoms with Crippen LogP contribution in [0.3, 0.4) is 0 Å². The number of benzene rings is 1. The van der Waals surface area contributed by atoms with Gasteiger partial charge in [-0.15, -0.1) is 13.2 Å². The molecular weight excluding hydrogens is 312 g/mol. The normalized spacial score (nSPS) is 11.5. The molecule has 1 aromatic carbocycles. The van der Waals surface area contributed by atoms with Gasteiger partial charge in [0.05, 0.1) is 6.61 Å². The third-order valence-corrected chi connectivity index (χ3v) is 2.43. The average molecular weight is 318 g/mol. The van der Waals surface area contributed by atoms with E-state index in [0.717, 1.165) is 0 Å². The molecule has 1 aromatic rings. The molecule has 6 heteroatoms. The van der Waals surface area contributed by atoms with Crippen molar-refractivity contribution in [2.45, 2.75) is 13.0 Å². The topological polar surface area (TPSA) is 29.5 Å². The molecule has 0 atom stereocenters. The standard InChI is InChI=1S/C8H6F3IO2/c9-8(10,11)14-6-2-1-5(4-13)7(12)3-6/h1-3,13H,4H2. The zero-order chi connectivity index (χ0) is 10.8. The zero-order valence-electron chi connectivity index (χ0n) is 6.81. The van der Waals surface area contributed by atoms with E-state index in [2.05, 4.69) is 4.74 Å². The Hall–Kier alpha value is -0.500. The van der Waals surface area contributed by atoms with E-state index in [1.807, 2.05) is 22.6 Å². The second-order valence-corrected chi connectivity index (χ2v) is 3.62. The van der Waals surface area contributed by atoms with Gasteiger partial charge in [0, 0.05) is 3.57 Å². The summed E-state index contributed by atoms with van der Waals surface area (Å²) in [4.78, 5) is 0. The quantitative estimate of drug-likeness (QED) is 0.850. The number of hydrogen-bond acceptors (Lipinski definition) is 2. The Morgan fingerprint density at radius 2 is 2.00 bits per heavy atom. The summed E-state index contributed by atoms with van der Waals surface area (Å²) in [6.45, 7) is -0.204. The molecule has 14 heavy (non-hydrogen) atoms. The highest BCUT2D eigenvalue weighted by molar-refractivity contribution is 14.1. The molecule has 0 bridgehead atoms. The van der Waals surface area contributed by atoms with E-state index < -0.39 is 6.36 Å². The minimum atomic E-state index is -4.68. The van der Waals surface area contributed by atoms with Crippen LogP contribution in [0.25, 0.3) is 0 Å². The van der Waals surface area contributed by atoms with Crippen molar-refractivity contribution in [3.8, 4) is 5.75 Å². The third kappa shape index (κ3) is 3.33. The predicted molar refractivity (Wildman–Crippen MR) is 51.8 cm³/mol. The summed E-state index contributed by atoms with van der Waals surface area (Å²) in [6.07, 6.45) is -4.68. The van der Waals surface area contributed by atoms with Crippen LogP contribution in [0.2, 0.25) is 0 Å². The molecule has 0 aliphatic carbocycles. The summed E-state index contributed by atoms with van der Waals surface area (Å²) in [5.74, 6) is -0.279. The van der Waals surface area contributed by atoms with Crippen molar-refractivity contribution in [2.24, 2.45) is 0 Å². The van der Waals surface area contributed by atoms with Crippen LogP contribution in [0, 0.1) is 3.57 Å². The molecule has 0 aliphatic heterocycles. The molecule has 0 radical (unpaired) electrons. The Bertz CT molecular complexity index is 325. The van der Waals surface area contributed by atoms with Crippen LogP contribution in [0.4, 0.5) is 13.2 Å². The SMILES string of the molecule is OCc1ccc(OC(F)(F)F)cc1I. The number of hydrogen-bond donors (Lipinski definition) is 1. The molecule has 0 saturated heterocycles. The van der Waals surface area contributed by atoms with Gasteiger partial charge in [0.15, 0.2) is 0 Å². The van der Waals surface area contributed by atoms with Crippen LogP contribution >= 0.6 is 22.6 Å². The van der Waals surface area contributed by atoms with Crippen LogP contribution in [-0.2, 0) is 6.61 Å². The van der Waals surface area contributed by atoms with Crippen LogP contribution < -0.4 is 4.74 Å². The Morgan fingerprint density at radius 3 is 2.43 bits per heavy atom. The highest BCUT2D eigenvalue weighted by Gasteiger charge is 2.31. The van der Waals surface area contributed by atoms with Gasteiger partial charge in [-0.25, -0.2) is 0 Å². The number of aliphatic hydroxyl groups excluding tert-OH is 1. The second-order valence-electron chi connectivity index (χ2n) is 2.46. The monoisotopic (exact) mass is 318 g/mol. The van der Waals surface area contributed by atoms with Crippen molar-refractivity contribution in [3.05, 3.63) is 27.3 Å². The van der Waals surface area contributed by atoms with Crippen molar-refractivity contribution in [1.82, 2.24) is 0 Å². The van der Waals surface area contributed by atoms with Gasteiger partial charge in [0.25, 0.3) is 0 Å². The van der Waals surface area contributed by atoms with Crippen molar-refractivity contribution in [3.63, 3.8) is 0 Å². The molecule has 0 fully saturated rings. The maximum atomic E-state index is 11.8. The molecule has 0 aliphatic rings. The van der Waals surface area contributed by atoms with Gasteiger partial charge in [0.1, 0.15) is 5.75 Å². The molecule has 0 heterocycles. The molecule has 0 saturated carbocycles. The van der Waals surface area contributed by atoms with Crippen molar-refractivity contribution in [2.75, 3.05) is 0 Å². The van der Waals surface area contributed by atoms with E-state index in [0.29, 0.717) is 9.13 Å². The van der Waals surface area contributed by atoms with Crippen LogP contribution in [0.15, 0.2) is 18.2 Å². The maximum absolute atomic E-state index is 11.8. The zero-order valence-corrected chi connectivity index (χ0v) is 8.96. The highest BCUT2D eigenvalue weighted by Crippen LogP contribution is 2.25. The van der Waals surface area contributed by atoms with Crippen LogP contribution in [0.5, 0.6) is 5.75 Å². The molecule has 78 valence electrons. The van der Waals surface area contributed by atoms with Crippen LogP contribution in [-0.4, -0.2) is 11.5 Å². The Morgan fingerprint density at radius 1 is 1.36 bits per heavy atom. The van der Waals surface area contributed by atoms with Crippen molar-refractivity contribution >= 4 is 22.6 Å². The van der Waals surface area contributed by atoms with Gasteiger partial charge in [-0.3, -0.25) is 0 Å². The van der Waals surface area contributed by atoms with E-state index in [4.69, 9.17) is 5.11 Å². The fraction of sp³-hybridized carbons (Fsp3) is 0.250. The first-order valence-electron chi connectivity index (χ1n) is 3.57. The maximum Gasteiger partial charge on any atom is 0.573 e. The van der Waals surface area contributed by atoms with E-state index in [1.54, 1.807) is 0 Å². The number of rotatable bonds is 2. The fourth-order valence-electron chi connectivity index (χ4n) is 0.853. The lowest BCUT2D eigenvalue weighted by atomic mass is 10.2. The largest absolute Gasteiger partial charge is 0.573 e. The molecule has 1 N–H and O–H groups in total. The van der Waals surface area contributed by atoms with Gasteiger partial charge < -0.3 is 9.84 Å². The predicted octanol–water partition coefficient (Wildman–Crippen LogP) is 2.68. The summed E-state index contributed by atoms with van der Waals surface area (Å²) in [5, 5.41) is 8.77.